The molecule has 2 atom stereocenters. The number of rotatable bonds is 4. The summed E-state index contributed by atoms with van der Waals surface area (Å²) in [5.41, 5.74) is -2.44. The van der Waals surface area contributed by atoms with E-state index in [0.717, 1.165) is 0 Å². The molecule has 0 aromatic carbocycles. The van der Waals surface area contributed by atoms with E-state index >= 15 is 0 Å². The first kappa shape index (κ1) is 15.8. The number of hydrogen-bond acceptors (Lipinski definition) is 4. The average Bonchev–Trinajstić information content (AvgIpc) is 2.72. The molecule has 2 fully saturated rings. The van der Waals surface area contributed by atoms with Crippen molar-refractivity contribution in [1.29, 1.82) is 0 Å². The predicted octanol–water partition coefficient (Wildman–Crippen LogP) is 0.549. The molecule has 1 aliphatic heterocycles. The van der Waals surface area contributed by atoms with Crippen LogP contribution in [0.1, 0.15) is 12.1 Å². The number of halogens is 3. The fourth-order valence-electron chi connectivity index (χ4n) is 3.38. The lowest BCUT2D eigenvalue weighted by atomic mass is 9.96. The molecule has 2 heterocycles. The monoisotopic (exact) mass is 338 g/mol. The maximum absolute atomic E-state index is 13.2. The average molecular weight is 338 g/mol. The molecule has 3 rings (SSSR count). The maximum Gasteiger partial charge on any atom is 0.396 e. The number of alkyl halides is 3. The fourth-order valence-corrected chi connectivity index (χ4v) is 4.71. The molecule has 0 spiro atoms. The SMILES string of the molecule is Cc1c(S(=O)(=O)NC[C@@]23CNC[C@]2(C(F)(F)F)C3)cnn1C. The number of piperidine rings is 1. The molecule has 1 saturated heterocycles. The molecule has 10 heteroatoms. The van der Waals surface area contributed by atoms with E-state index in [9.17, 15) is 21.6 Å². The van der Waals surface area contributed by atoms with Crippen LogP contribution in [0.4, 0.5) is 13.2 Å². The van der Waals surface area contributed by atoms with Gasteiger partial charge in [0.2, 0.25) is 10.0 Å². The second kappa shape index (κ2) is 4.45. The Bertz CT molecular complexity index is 714. The molecule has 22 heavy (non-hydrogen) atoms. The summed E-state index contributed by atoms with van der Waals surface area (Å²) in [4.78, 5) is -0.00406. The van der Waals surface area contributed by atoms with Crippen molar-refractivity contribution in [3.05, 3.63) is 11.9 Å². The van der Waals surface area contributed by atoms with Crippen molar-refractivity contribution in [1.82, 2.24) is 19.8 Å². The van der Waals surface area contributed by atoms with Gasteiger partial charge >= 0.3 is 6.18 Å². The zero-order valence-corrected chi connectivity index (χ0v) is 13.0. The molecular formula is C12H17F3N4O2S. The van der Waals surface area contributed by atoms with Crippen molar-refractivity contribution in [3.63, 3.8) is 0 Å². The van der Waals surface area contributed by atoms with Gasteiger partial charge in [-0.05, 0) is 13.3 Å². The Morgan fingerprint density at radius 1 is 1.45 bits per heavy atom. The van der Waals surface area contributed by atoms with E-state index in [0.29, 0.717) is 5.69 Å². The lowest BCUT2D eigenvalue weighted by Gasteiger charge is -2.20. The number of sulfonamides is 1. The van der Waals surface area contributed by atoms with Gasteiger partial charge in [-0.15, -0.1) is 0 Å². The minimum absolute atomic E-state index is 0.00406. The lowest BCUT2D eigenvalue weighted by molar-refractivity contribution is -0.190. The summed E-state index contributed by atoms with van der Waals surface area (Å²) in [6.07, 6.45) is -3.16. The van der Waals surface area contributed by atoms with Crippen LogP contribution in [0, 0.1) is 17.8 Å². The Morgan fingerprint density at radius 3 is 2.64 bits per heavy atom. The first-order valence-electron chi connectivity index (χ1n) is 6.80. The highest BCUT2D eigenvalue weighted by molar-refractivity contribution is 7.89. The molecule has 1 aromatic rings. The Balaban J connectivity index is 1.78. The summed E-state index contributed by atoms with van der Waals surface area (Å²) in [6.45, 7) is 1.38. The van der Waals surface area contributed by atoms with Crippen LogP contribution in [0.15, 0.2) is 11.1 Å². The van der Waals surface area contributed by atoms with Crippen LogP contribution in [-0.4, -0.2) is 44.0 Å². The van der Waals surface area contributed by atoms with Gasteiger partial charge in [-0.1, -0.05) is 0 Å². The topological polar surface area (TPSA) is 76.0 Å². The van der Waals surface area contributed by atoms with Gasteiger partial charge < -0.3 is 5.32 Å². The van der Waals surface area contributed by atoms with Gasteiger partial charge in [0.1, 0.15) is 4.90 Å². The van der Waals surface area contributed by atoms with E-state index in [1.54, 1.807) is 14.0 Å². The highest BCUT2D eigenvalue weighted by Gasteiger charge is 2.81. The number of nitrogens with zero attached hydrogens (tertiary/aromatic N) is 2. The molecule has 1 aliphatic carbocycles. The zero-order valence-electron chi connectivity index (χ0n) is 12.2. The van der Waals surface area contributed by atoms with Crippen molar-refractivity contribution >= 4 is 10.0 Å². The van der Waals surface area contributed by atoms with Crippen LogP contribution in [0.2, 0.25) is 0 Å². The van der Waals surface area contributed by atoms with Gasteiger partial charge in [0.05, 0.1) is 17.3 Å². The number of fused-ring (bicyclic) bond motifs is 1. The van der Waals surface area contributed by atoms with Crippen LogP contribution >= 0.6 is 0 Å². The first-order valence-corrected chi connectivity index (χ1v) is 8.29. The van der Waals surface area contributed by atoms with Crippen LogP contribution in [-0.2, 0) is 17.1 Å². The second-order valence-electron chi connectivity index (χ2n) is 6.18. The minimum atomic E-state index is -4.33. The molecule has 0 bridgehead atoms. The van der Waals surface area contributed by atoms with Crippen molar-refractivity contribution in [2.45, 2.75) is 24.4 Å². The first-order chi connectivity index (χ1) is 10.0. The van der Waals surface area contributed by atoms with Crippen molar-refractivity contribution in [3.8, 4) is 0 Å². The van der Waals surface area contributed by atoms with E-state index in [4.69, 9.17) is 0 Å². The van der Waals surface area contributed by atoms with Crippen LogP contribution < -0.4 is 10.0 Å². The normalized spacial score (nSPS) is 31.3. The predicted molar refractivity (Wildman–Crippen MR) is 71.5 cm³/mol. The number of aromatic nitrogens is 2. The highest BCUT2D eigenvalue weighted by atomic mass is 32.2. The van der Waals surface area contributed by atoms with Gasteiger partial charge in [-0.2, -0.15) is 18.3 Å². The highest BCUT2D eigenvalue weighted by Crippen LogP contribution is 2.72. The third-order valence-electron chi connectivity index (χ3n) is 5.04. The fraction of sp³-hybridized carbons (Fsp3) is 0.750. The van der Waals surface area contributed by atoms with Gasteiger partial charge in [0.25, 0.3) is 0 Å². The van der Waals surface area contributed by atoms with E-state index in [1.165, 1.54) is 10.9 Å². The number of nitrogens with one attached hydrogen (secondary N) is 2. The third-order valence-corrected chi connectivity index (χ3v) is 6.55. The van der Waals surface area contributed by atoms with Gasteiger partial charge in [-0.25, -0.2) is 13.1 Å². The van der Waals surface area contributed by atoms with E-state index < -0.39 is 27.0 Å². The molecule has 6 nitrogen and oxygen atoms in total. The summed E-state index contributed by atoms with van der Waals surface area (Å²) in [5, 5.41) is 6.58. The number of aryl methyl sites for hydroxylation is 1. The van der Waals surface area contributed by atoms with Gasteiger partial charge in [-0.3, -0.25) is 4.68 Å². The quantitative estimate of drug-likeness (QED) is 0.841. The lowest BCUT2D eigenvalue weighted by Crippen LogP contribution is -2.37. The minimum Gasteiger partial charge on any atom is -0.315 e. The standard InChI is InChI=1S/C12H17F3N4O2S/c1-8-9(3-17-19(8)2)22(20,21)18-6-10-4-11(10,7-16-5-10)12(13,14)15/h3,16,18H,4-7H2,1-2H3/t10-,11-/m1/s1. The summed E-state index contributed by atoms with van der Waals surface area (Å²) in [7, 11) is -2.27. The smallest absolute Gasteiger partial charge is 0.315 e. The van der Waals surface area contributed by atoms with Gasteiger partial charge in [0.15, 0.2) is 0 Å². The van der Waals surface area contributed by atoms with Crippen molar-refractivity contribution in [2.24, 2.45) is 17.9 Å². The van der Waals surface area contributed by atoms with Crippen LogP contribution in [0.3, 0.4) is 0 Å². The van der Waals surface area contributed by atoms with Gasteiger partial charge in [0, 0.05) is 32.1 Å². The Kier molecular flexibility index (Phi) is 3.19. The maximum atomic E-state index is 13.2. The summed E-state index contributed by atoms with van der Waals surface area (Å²) >= 11 is 0. The molecule has 2 N–H and O–H groups in total. The van der Waals surface area contributed by atoms with Crippen LogP contribution in [0.5, 0.6) is 0 Å². The van der Waals surface area contributed by atoms with E-state index in [1.807, 2.05) is 0 Å². The summed E-state index contributed by atoms with van der Waals surface area (Å²) in [5.74, 6) is 0. The van der Waals surface area contributed by atoms with Crippen LogP contribution in [0.25, 0.3) is 0 Å². The Morgan fingerprint density at radius 2 is 2.14 bits per heavy atom. The molecule has 0 radical (unpaired) electrons. The molecule has 1 saturated carbocycles. The molecule has 1 aromatic heterocycles. The second-order valence-corrected chi connectivity index (χ2v) is 7.92. The Labute approximate surface area is 126 Å². The van der Waals surface area contributed by atoms with Crippen molar-refractivity contribution < 1.29 is 21.6 Å². The third kappa shape index (κ3) is 2.00. The molecule has 0 unspecified atom stereocenters. The molecular weight excluding hydrogens is 321 g/mol. The van der Waals surface area contributed by atoms with E-state index in [-0.39, 0.29) is 31.0 Å². The largest absolute Gasteiger partial charge is 0.396 e. The molecule has 124 valence electrons. The molecule has 0 amide bonds. The zero-order chi connectivity index (χ0) is 16.4. The Hall–Kier alpha value is -1.13. The summed E-state index contributed by atoms with van der Waals surface area (Å²) < 4.78 is 67.9. The number of hydrogen-bond donors (Lipinski definition) is 2. The summed E-state index contributed by atoms with van der Waals surface area (Å²) in [6, 6.07) is 0. The van der Waals surface area contributed by atoms with Crippen molar-refractivity contribution in [2.75, 3.05) is 19.6 Å². The van der Waals surface area contributed by atoms with E-state index in [2.05, 4.69) is 15.1 Å². The molecule has 2 aliphatic rings.